The van der Waals surface area contributed by atoms with Gasteiger partial charge in [-0.1, -0.05) is 11.6 Å². The molecule has 1 aromatic carbocycles. The molecule has 0 atom stereocenters. The number of rotatable bonds is 4. The van der Waals surface area contributed by atoms with Crippen molar-refractivity contribution in [3.63, 3.8) is 0 Å². The van der Waals surface area contributed by atoms with Crippen molar-refractivity contribution < 1.29 is 4.74 Å². The molecule has 0 aromatic heterocycles. The quantitative estimate of drug-likeness (QED) is 0.740. The van der Waals surface area contributed by atoms with Crippen LogP contribution in [0.5, 0.6) is 5.75 Å². The summed E-state index contributed by atoms with van der Waals surface area (Å²) >= 11 is 7.43. The van der Waals surface area contributed by atoms with Crippen molar-refractivity contribution in [3.05, 3.63) is 23.2 Å². The fourth-order valence-corrected chi connectivity index (χ4v) is 1.86. The monoisotopic (exact) mass is 227 g/mol. The molecule has 0 bridgehead atoms. The minimum absolute atomic E-state index is 0.435. The van der Waals surface area contributed by atoms with Gasteiger partial charge in [0.2, 0.25) is 0 Å². The van der Waals surface area contributed by atoms with E-state index in [4.69, 9.17) is 21.6 Å². The van der Waals surface area contributed by atoms with Crippen LogP contribution in [0.25, 0.3) is 0 Å². The van der Waals surface area contributed by atoms with Gasteiger partial charge in [-0.3, -0.25) is 0 Å². The van der Waals surface area contributed by atoms with E-state index >= 15 is 0 Å². The normalized spacial score (nSPS) is 9.50. The van der Waals surface area contributed by atoms with E-state index in [1.165, 1.54) is 11.8 Å². The first-order chi connectivity index (χ1) is 6.77. The van der Waals surface area contributed by atoms with Gasteiger partial charge >= 0.3 is 0 Å². The predicted octanol–water partition coefficient (Wildman–Crippen LogP) is 3.35. The molecule has 4 heteroatoms. The van der Waals surface area contributed by atoms with E-state index in [-0.39, 0.29) is 0 Å². The maximum absolute atomic E-state index is 8.41. The predicted molar refractivity (Wildman–Crippen MR) is 59.0 cm³/mol. The second-order valence-electron chi connectivity index (χ2n) is 2.47. The Morgan fingerprint density at radius 2 is 2.36 bits per heavy atom. The largest absolute Gasteiger partial charge is 0.492 e. The minimum atomic E-state index is 0.435. The van der Waals surface area contributed by atoms with Crippen LogP contribution in [0, 0.1) is 11.3 Å². The molecule has 0 aliphatic carbocycles. The van der Waals surface area contributed by atoms with E-state index in [1.807, 2.05) is 25.1 Å². The first kappa shape index (κ1) is 11.2. The topological polar surface area (TPSA) is 33.0 Å². The third kappa shape index (κ3) is 3.13. The highest BCUT2D eigenvalue weighted by molar-refractivity contribution is 7.99. The van der Waals surface area contributed by atoms with Gasteiger partial charge in [0, 0.05) is 4.90 Å². The van der Waals surface area contributed by atoms with Crippen molar-refractivity contribution in [1.82, 2.24) is 0 Å². The molecule has 2 nitrogen and oxygen atoms in total. The van der Waals surface area contributed by atoms with E-state index in [0.717, 1.165) is 4.90 Å². The van der Waals surface area contributed by atoms with Crippen molar-refractivity contribution in [2.75, 3.05) is 12.4 Å². The Hall–Kier alpha value is -0.850. The molecule has 0 saturated carbocycles. The Bertz CT molecular complexity index is 348. The van der Waals surface area contributed by atoms with Gasteiger partial charge in [-0.25, -0.2) is 0 Å². The molecular weight excluding hydrogens is 218 g/mol. The summed E-state index contributed by atoms with van der Waals surface area (Å²) in [6.45, 7) is 2.51. The first-order valence-corrected chi connectivity index (χ1v) is 5.56. The van der Waals surface area contributed by atoms with E-state index < -0.39 is 0 Å². The number of nitrogens with zero attached hydrogens (tertiary/aromatic N) is 1. The van der Waals surface area contributed by atoms with Crippen LogP contribution in [-0.2, 0) is 0 Å². The highest BCUT2D eigenvalue weighted by Gasteiger charge is 2.02. The van der Waals surface area contributed by atoms with Crippen LogP contribution in [-0.4, -0.2) is 12.4 Å². The Balaban J connectivity index is 2.74. The van der Waals surface area contributed by atoms with E-state index in [2.05, 4.69) is 6.07 Å². The van der Waals surface area contributed by atoms with E-state index in [1.54, 1.807) is 0 Å². The molecule has 0 aliphatic rings. The molecule has 74 valence electrons. The smallest absolute Gasteiger partial charge is 0.137 e. The number of hydrogen-bond donors (Lipinski definition) is 0. The summed E-state index contributed by atoms with van der Waals surface area (Å²) < 4.78 is 5.29. The summed E-state index contributed by atoms with van der Waals surface area (Å²) in [6, 6.07) is 7.60. The summed E-state index contributed by atoms with van der Waals surface area (Å²) in [5, 5.41) is 9.00. The van der Waals surface area contributed by atoms with Gasteiger partial charge in [-0.15, -0.1) is 11.8 Å². The number of benzene rings is 1. The number of halogens is 1. The highest BCUT2D eigenvalue weighted by Crippen LogP contribution is 2.29. The molecule has 0 radical (unpaired) electrons. The summed E-state index contributed by atoms with van der Waals surface area (Å²) in [4.78, 5) is 0.986. The average Bonchev–Trinajstić information content (AvgIpc) is 2.19. The summed E-state index contributed by atoms with van der Waals surface area (Å²) in [5.41, 5.74) is 0. The average molecular weight is 228 g/mol. The molecule has 0 N–H and O–H groups in total. The van der Waals surface area contributed by atoms with Crippen molar-refractivity contribution in [1.29, 1.82) is 5.26 Å². The SMILES string of the molecule is CCOc1ccc(SCC#N)cc1Cl. The van der Waals surface area contributed by atoms with Gasteiger partial charge in [-0.05, 0) is 25.1 Å². The number of thioether (sulfide) groups is 1. The second kappa shape index (κ2) is 5.79. The molecule has 0 amide bonds. The molecule has 0 saturated heterocycles. The minimum Gasteiger partial charge on any atom is -0.492 e. The van der Waals surface area contributed by atoms with Gasteiger partial charge in [0.1, 0.15) is 5.75 Å². The van der Waals surface area contributed by atoms with Crippen LogP contribution in [0.1, 0.15) is 6.92 Å². The third-order valence-electron chi connectivity index (χ3n) is 1.51. The second-order valence-corrected chi connectivity index (χ2v) is 3.93. The fourth-order valence-electron chi connectivity index (χ4n) is 0.960. The Labute approximate surface area is 92.8 Å². The van der Waals surface area contributed by atoms with E-state index in [9.17, 15) is 0 Å². The molecule has 0 heterocycles. The molecule has 1 aromatic rings. The lowest BCUT2D eigenvalue weighted by molar-refractivity contribution is 0.340. The molecule has 0 aliphatic heterocycles. The summed E-state index contributed by atoms with van der Waals surface area (Å²) in [6.07, 6.45) is 0. The Morgan fingerprint density at radius 3 is 2.93 bits per heavy atom. The number of nitriles is 1. The van der Waals surface area contributed by atoms with Crippen molar-refractivity contribution in [2.45, 2.75) is 11.8 Å². The van der Waals surface area contributed by atoms with E-state index in [0.29, 0.717) is 23.1 Å². The van der Waals surface area contributed by atoms with Crippen molar-refractivity contribution in [3.8, 4) is 11.8 Å². The maximum atomic E-state index is 8.41. The molecular formula is C10H10ClNOS. The van der Waals surface area contributed by atoms with Crippen molar-refractivity contribution >= 4 is 23.4 Å². The molecule has 0 spiro atoms. The summed E-state index contributed by atoms with van der Waals surface area (Å²) in [7, 11) is 0. The van der Waals surface area contributed by atoms with Crippen LogP contribution >= 0.6 is 23.4 Å². The zero-order chi connectivity index (χ0) is 10.4. The van der Waals surface area contributed by atoms with Gasteiger partial charge in [0.25, 0.3) is 0 Å². The molecule has 1 rings (SSSR count). The van der Waals surface area contributed by atoms with Crippen LogP contribution in [0.4, 0.5) is 0 Å². The van der Waals surface area contributed by atoms with Crippen LogP contribution in [0.3, 0.4) is 0 Å². The van der Waals surface area contributed by atoms with Gasteiger partial charge < -0.3 is 4.74 Å². The lowest BCUT2D eigenvalue weighted by Gasteiger charge is -2.06. The van der Waals surface area contributed by atoms with Crippen LogP contribution in [0.2, 0.25) is 5.02 Å². The van der Waals surface area contributed by atoms with Crippen LogP contribution in [0.15, 0.2) is 23.1 Å². The van der Waals surface area contributed by atoms with Gasteiger partial charge in [-0.2, -0.15) is 5.26 Å². The van der Waals surface area contributed by atoms with Gasteiger partial charge in [0.05, 0.1) is 23.5 Å². The Kier molecular flexibility index (Phi) is 4.64. The van der Waals surface area contributed by atoms with Gasteiger partial charge in [0.15, 0.2) is 0 Å². The standard InChI is InChI=1S/C10H10ClNOS/c1-2-13-10-4-3-8(7-9(10)11)14-6-5-12/h3-4,7H,2,6H2,1H3. The zero-order valence-electron chi connectivity index (χ0n) is 7.79. The zero-order valence-corrected chi connectivity index (χ0v) is 9.36. The molecule has 14 heavy (non-hydrogen) atoms. The number of ether oxygens (including phenoxy) is 1. The lowest BCUT2D eigenvalue weighted by Crippen LogP contribution is -1.91. The molecule has 0 unspecified atom stereocenters. The maximum Gasteiger partial charge on any atom is 0.137 e. The third-order valence-corrected chi connectivity index (χ3v) is 2.66. The highest BCUT2D eigenvalue weighted by atomic mass is 35.5. The van der Waals surface area contributed by atoms with Crippen molar-refractivity contribution in [2.24, 2.45) is 0 Å². The number of hydrogen-bond acceptors (Lipinski definition) is 3. The van der Waals surface area contributed by atoms with Crippen LogP contribution < -0.4 is 4.74 Å². The fraction of sp³-hybridized carbons (Fsp3) is 0.300. The molecule has 0 fully saturated rings. The summed E-state index contributed by atoms with van der Waals surface area (Å²) in [5.74, 6) is 1.13. The lowest BCUT2D eigenvalue weighted by atomic mass is 10.3. The Morgan fingerprint density at radius 1 is 1.57 bits per heavy atom. The first-order valence-electron chi connectivity index (χ1n) is 4.20.